The summed E-state index contributed by atoms with van der Waals surface area (Å²) in [5.41, 5.74) is 3.48. The number of carboxylic acids is 1. The molecule has 0 aliphatic carbocycles. The first-order valence-corrected chi connectivity index (χ1v) is 14.6. The summed E-state index contributed by atoms with van der Waals surface area (Å²) >= 11 is 0. The Morgan fingerprint density at radius 3 is 2.37 bits per heavy atom. The average Bonchev–Trinajstić information content (AvgIpc) is 2.92. The van der Waals surface area contributed by atoms with Crippen LogP contribution in [0, 0.1) is 6.92 Å². The number of likely N-dealkylation sites (N-methyl/N-ethyl adjacent to an activating group) is 1. The molecule has 1 heterocycles. The van der Waals surface area contributed by atoms with Gasteiger partial charge in [-0.05, 0) is 48.4 Å². The number of carboxylic acid groups (broad SMARTS) is 1. The summed E-state index contributed by atoms with van der Waals surface area (Å²) in [6.07, 6.45) is 2.13. The quantitative estimate of drug-likeness (QED) is 0.250. The number of rotatable bonds is 12. The highest BCUT2D eigenvalue weighted by atomic mass is 32.2. The SMILES string of the molecule is COc1cc(CC(=O)N(C)c2ccc(C(CC(=O)O)NCS(C)(=O)=O)nc2)ccc1NC(=O)Nc1ccccc1C. The van der Waals surface area contributed by atoms with Crippen LogP contribution in [0.5, 0.6) is 5.75 Å². The first-order valence-electron chi connectivity index (χ1n) is 12.5. The van der Waals surface area contributed by atoms with E-state index in [1.54, 1.807) is 43.4 Å². The third-order valence-electron chi connectivity index (χ3n) is 6.12. The van der Waals surface area contributed by atoms with E-state index in [-0.39, 0.29) is 18.7 Å². The van der Waals surface area contributed by atoms with Crippen molar-refractivity contribution in [1.82, 2.24) is 10.3 Å². The van der Waals surface area contributed by atoms with Crippen LogP contribution in [-0.2, 0) is 25.8 Å². The molecule has 3 aromatic rings. The number of hydrogen-bond donors (Lipinski definition) is 4. The van der Waals surface area contributed by atoms with Gasteiger partial charge in [0, 0.05) is 19.0 Å². The van der Waals surface area contributed by atoms with Gasteiger partial charge in [-0.3, -0.25) is 19.9 Å². The number of carbonyl (C=O) groups excluding carboxylic acids is 2. The number of carbonyl (C=O) groups is 3. The van der Waals surface area contributed by atoms with Gasteiger partial charge in [0.05, 0.1) is 55.1 Å². The molecule has 218 valence electrons. The molecule has 0 fully saturated rings. The molecular formula is C28H33N5O7S. The first kappa shape index (κ1) is 31.0. The van der Waals surface area contributed by atoms with Crippen LogP contribution in [0.15, 0.2) is 60.8 Å². The molecule has 1 unspecified atom stereocenters. The molecule has 12 nitrogen and oxygen atoms in total. The number of para-hydroxylation sites is 1. The lowest BCUT2D eigenvalue weighted by atomic mass is 10.1. The third-order valence-corrected chi connectivity index (χ3v) is 6.81. The lowest BCUT2D eigenvalue weighted by molar-refractivity contribution is -0.137. The van der Waals surface area contributed by atoms with Gasteiger partial charge in [-0.2, -0.15) is 0 Å². The van der Waals surface area contributed by atoms with Gasteiger partial charge in [-0.1, -0.05) is 24.3 Å². The van der Waals surface area contributed by atoms with E-state index >= 15 is 0 Å². The number of anilines is 3. The zero-order valence-corrected chi connectivity index (χ0v) is 24.0. The van der Waals surface area contributed by atoms with Gasteiger partial charge in [-0.25, -0.2) is 13.2 Å². The second kappa shape index (κ2) is 13.7. The number of ether oxygens (including phenoxy) is 1. The maximum Gasteiger partial charge on any atom is 0.323 e. The molecule has 0 saturated carbocycles. The molecule has 0 saturated heterocycles. The highest BCUT2D eigenvalue weighted by Crippen LogP contribution is 2.27. The lowest BCUT2D eigenvalue weighted by Crippen LogP contribution is -2.30. The fourth-order valence-corrected chi connectivity index (χ4v) is 4.39. The number of sulfone groups is 1. The van der Waals surface area contributed by atoms with Crippen molar-refractivity contribution in [3.63, 3.8) is 0 Å². The second-order valence-corrected chi connectivity index (χ2v) is 11.6. The number of amides is 3. The highest BCUT2D eigenvalue weighted by molar-refractivity contribution is 7.90. The summed E-state index contributed by atoms with van der Waals surface area (Å²) in [5, 5.41) is 17.4. The maximum atomic E-state index is 13.0. The van der Waals surface area contributed by atoms with Crippen molar-refractivity contribution >= 4 is 44.8 Å². The lowest BCUT2D eigenvalue weighted by Gasteiger charge is -2.20. The van der Waals surface area contributed by atoms with E-state index in [2.05, 4.69) is 20.9 Å². The second-order valence-electron chi connectivity index (χ2n) is 9.42. The summed E-state index contributed by atoms with van der Waals surface area (Å²) < 4.78 is 28.4. The Bertz CT molecular complexity index is 1510. The molecule has 0 aliphatic rings. The Morgan fingerprint density at radius 1 is 1.05 bits per heavy atom. The van der Waals surface area contributed by atoms with Crippen molar-refractivity contribution < 1.29 is 32.6 Å². The van der Waals surface area contributed by atoms with Crippen molar-refractivity contribution in [3.05, 3.63) is 77.6 Å². The summed E-state index contributed by atoms with van der Waals surface area (Å²) in [5.74, 6) is -1.38. The number of benzene rings is 2. The topological polar surface area (TPSA) is 167 Å². The summed E-state index contributed by atoms with van der Waals surface area (Å²) in [6.45, 7) is 1.89. The standard InChI is InChI=1S/C28H33N5O7S/c1-18-7-5-6-8-21(18)31-28(37)32-23-11-9-19(13-25(23)40-3)14-26(34)33(2)20-10-12-22(29-16-20)24(15-27(35)36)30-17-41(4,38)39/h5-13,16,24,30H,14-15,17H2,1-4H3,(H,35,36)(H2,31,32,37). The molecule has 41 heavy (non-hydrogen) atoms. The predicted octanol–water partition coefficient (Wildman–Crippen LogP) is 3.36. The monoisotopic (exact) mass is 583 g/mol. The first-order chi connectivity index (χ1) is 19.4. The van der Waals surface area contributed by atoms with Gasteiger partial charge in [0.2, 0.25) is 5.91 Å². The van der Waals surface area contributed by atoms with Crippen LogP contribution in [0.1, 0.15) is 29.3 Å². The molecule has 0 spiro atoms. The van der Waals surface area contributed by atoms with Crippen molar-refractivity contribution in [3.8, 4) is 5.75 Å². The van der Waals surface area contributed by atoms with E-state index in [4.69, 9.17) is 4.74 Å². The summed E-state index contributed by atoms with van der Waals surface area (Å²) in [6, 6.07) is 14.3. The van der Waals surface area contributed by atoms with Crippen molar-refractivity contribution in [2.45, 2.75) is 25.8 Å². The number of nitrogens with one attached hydrogen (secondary N) is 3. The number of aromatic nitrogens is 1. The molecule has 13 heteroatoms. The van der Waals surface area contributed by atoms with Gasteiger partial charge in [0.15, 0.2) is 9.84 Å². The van der Waals surface area contributed by atoms with Crippen molar-refractivity contribution in [2.24, 2.45) is 0 Å². The zero-order valence-electron chi connectivity index (χ0n) is 23.2. The highest BCUT2D eigenvalue weighted by Gasteiger charge is 2.20. The Morgan fingerprint density at radius 2 is 1.76 bits per heavy atom. The van der Waals surface area contributed by atoms with E-state index < -0.39 is 33.8 Å². The van der Waals surface area contributed by atoms with E-state index in [1.165, 1.54) is 18.2 Å². The number of nitrogens with zero attached hydrogens (tertiary/aromatic N) is 2. The van der Waals surface area contributed by atoms with Crippen molar-refractivity contribution in [2.75, 3.05) is 41.8 Å². The van der Waals surface area contributed by atoms with Gasteiger partial charge in [0.1, 0.15) is 5.75 Å². The smallest absolute Gasteiger partial charge is 0.323 e. The number of urea groups is 1. The molecule has 3 rings (SSSR count). The number of methoxy groups -OCH3 is 1. The molecule has 0 bridgehead atoms. The van der Waals surface area contributed by atoms with E-state index in [0.29, 0.717) is 34.1 Å². The summed E-state index contributed by atoms with van der Waals surface area (Å²) in [7, 11) is -0.324. The minimum absolute atomic E-state index is 0.0296. The van der Waals surface area contributed by atoms with Gasteiger partial charge >= 0.3 is 12.0 Å². The number of aliphatic carboxylic acids is 1. The third kappa shape index (κ3) is 9.29. The Hall–Kier alpha value is -4.49. The molecule has 0 radical (unpaired) electrons. The minimum atomic E-state index is -3.37. The van der Waals surface area contributed by atoms with Crippen LogP contribution in [0.2, 0.25) is 0 Å². The molecular weight excluding hydrogens is 550 g/mol. The minimum Gasteiger partial charge on any atom is -0.495 e. The average molecular weight is 584 g/mol. The van der Waals surface area contributed by atoms with Crippen LogP contribution in [-0.4, -0.2) is 62.7 Å². The van der Waals surface area contributed by atoms with E-state index in [1.807, 2.05) is 25.1 Å². The Kier molecular flexibility index (Phi) is 10.4. The molecule has 2 aromatic carbocycles. The van der Waals surface area contributed by atoms with Gasteiger partial charge in [-0.15, -0.1) is 0 Å². The van der Waals surface area contributed by atoms with E-state index in [0.717, 1.165) is 11.8 Å². The molecule has 4 N–H and O–H groups in total. The van der Waals surface area contributed by atoms with Crippen LogP contribution in [0.25, 0.3) is 0 Å². The molecule has 1 atom stereocenters. The number of hydrogen-bond acceptors (Lipinski definition) is 8. The van der Waals surface area contributed by atoms with Crippen molar-refractivity contribution in [1.29, 1.82) is 0 Å². The van der Waals surface area contributed by atoms with Gasteiger partial charge < -0.3 is 25.4 Å². The van der Waals surface area contributed by atoms with Crippen LogP contribution < -0.4 is 25.6 Å². The van der Waals surface area contributed by atoms with Crippen LogP contribution in [0.4, 0.5) is 21.9 Å². The summed E-state index contributed by atoms with van der Waals surface area (Å²) in [4.78, 5) is 42.4. The molecule has 3 amide bonds. The largest absolute Gasteiger partial charge is 0.495 e. The molecule has 0 aliphatic heterocycles. The van der Waals surface area contributed by atoms with Crippen LogP contribution >= 0.6 is 0 Å². The fourth-order valence-electron chi connectivity index (χ4n) is 3.89. The Labute approximate surface area is 238 Å². The normalized spacial score (nSPS) is 11.8. The van der Waals surface area contributed by atoms with E-state index in [9.17, 15) is 27.9 Å². The van der Waals surface area contributed by atoms with Gasteiger partial charge in [0.25, 0.3) is 0 Å². The number of pyridine rings is 1. The van der Waals surface area contributed by atoms with Crippen LogP contribution in [0.3, 0.4) is 0 Å². The fraction of sp³-hybridized carbons (Fsp3) is 0.286. The number of aryl methyl sites for hydroxylation is 1. The molecule has 1 aromatic heterocycles. The predicted molar refractivity (Wildman–Crippen MR) is 156 cm³/mol. The zero-order chi connectivity index (χ0) is 30.2. The maximum absolute atomic E-state index is 13.0. The Balaban J connectivity index is 1.66.